The molecule has 5 nitrogen and oxygen atoms in total. The number of nitrogens with zero attached hydrogens (tertiary/aromatic N) is 1. The van der Waals surface area contributed by atoms with E-state index < -0.39 is 0 Å². The highest BCUT2D eigenvalue weighted by Crippen LogP contribution is 2.27. The van der Waals surface area contributed by atoms with Gasteiger partial charge in [0, 0.05) is 13.1 Å². The molecule has 2 aliphatic heterocycles. The second kappa shape index (κ2) is 6.03. The van der Waals surface area contributed by atoms with Gasteiger partial charge in [0.05, 0.1) is 19.3 Å². The molecule has 2 N–H and O–H groups in total. The van der Waals surface area contributed by atoms with Gasteiger partial charge in [0.25, 0.3) is 0 Å². The van der Waals surface area contributed by atoms with Gasteiger partial charge in [-0.3, -0.25) is 9.69 Å². The van der Waals surface area contributed by atoms with Crippen LogP contribution in [0, 0.1) is 18.8 Å². The summed E-state index contributed by atoms with van der Waals surface area (Å²) < 4.78 is 5.30. The van der Waals surface area contributed by atoms with E-state index >= 15 is 0 Å². The van der Waals surface area contributed by atoms with Crippen LogP contribution in [-0.2, 0) is 4.79 Å². The number of ether oxygens (including phenoxy) is 1. The molecule has 3 rings (SSSR count). The van der Waals surface area contributed by atoms with Gasteiger partial charge in [0.2, 0.25) is 5.91 Å². The molecule has 0 aliphatic carbocycles. The number of benzene rings is 1. The molecule has 0 radical (unpaired) electrons. The molecule has 1 aromatic rings. The molecule has 114 valence electrons. The third kappa shape index (κ3) is 3.19. The van der Waals surface area contributed by atoms with Gasteiger partial charge < -0.3 is 15.4 Å². The summed E-state index contributed by atoms with van der Waals surface area (Å²) in [5, 5.41) is 6.39. The first-order valence-corrected chi connectivity index (χ1v) is 7.53. The van der Waals surface area contributed by atoms with Gasteiger partial charge in [-0.05, 0) is 49.5 Å². The summed E-state index contributed by atoms with van der Waals surface area (Å²) in [6.45, 7) is 6.70. The Morgan fingerprint density at radius 2 is 2.10 bits per heavy atom. The van der Waals surface area contributed by atoms with E-state index in [-0.39, 0.29) is 5.91 Å². The minimum absolute atomic E-state index is 0.0341. The molecule has 1 aromatic carbocycles. The second-order valence-corrected chi connectivity index (χ2v) is 6.12. The lowest BCUT2D eigenvalue weighted by Gasteiger charge is -2.17. The lowest BCUT2D eigenvalue weighted by atomic mass is 10.0. The van der Waals surface area contributed by atoms with Crippen molar-refractivity contribution in [3.63, 3.8) is 0 Å². The largest absolute Gasteiger partial charge is 0.495 e. The molecule has 21 heavy (non-hydrogen) atoms. The number of methoxy groups -OCH3 is 1. The highest BCUT2D eigenvalue weighted by molar-refractivity contribution is 5.93. The predicted molar refractivity (Wildman–Crippen MR) is 82.7 cm³/mol. The zero-order chi connectivity index (χ0) is 14.8. The number of nitrogens with one attached hydrogen (secondary N) is 2. The number of aryl methyl sites for hydroxylation is 1. The molecule has 2 fully saturated rings. The fourth-order valence-corrected chi connectivity index (χ4v) is 3.39. The van der Waals surface area contributed by atoms with Crippen LogP contribution in [0.5, 0.6) is 5.75 Å². The van der Waals surface area contributed by atoms with Crippen molar-refractivity contribution < 1.29 is 9.53 Å². The van der Waals surface area contributed by atoms with Crippen LogP contribution >= 0.6 is 0 Å². The first-order valence-electron chi connectivity index (χ1n) is 7.53. The van der Waals surface area contributed by atoms with Crippen LogP contribution in [0.2, 0.25) is 0 Å². The lowest BCUT2D eigenvalue weighted by Crippen LogP contribution is -2.33. The summed E-state index contributed by atoms with van der Waals surface area (Å²) in [4.78, 5) is 14.5. The molecule has 0 bridgehead atoms. The fourth-order valence-electron chi connectivity index (χ4n) is 3.39. The Kier molecular flexibility index (Phi) is 4.12. The standard InChI is InChI=1S/C16H23N3O2/c1-11-3-4-15(21-2)14(5-11)18-16(20)10-19-8-12-6-17-7-13(12)9-19/h3-5,12-13,17H,6-10H2,1-2H3,(H,18,20). The summed E-state index contributed by atoms with van der Waals surface area (Å²) in [6, 6.07) is 5.80. The number of carbonyl (C=O) groups excluding carboxylic acids is 1. The average molecular weight is 289 g/mol. The van der Waals surface area contributed by atoms with Crippen molar-refractivity contribution in [3.05, 3.63) is 23.8 Å². The lowest BCUT2D eigenvalue weighted by molar-refractivity contribution is -0.117. The van der Waals surface area contributed by atoms with Crippen LogP contribution in [0.25, 0.3) is 0 Å². The minimum atomic E-state index is 0.0341. The third-order valence-corrected chi connectivity index (χ3v) is 4.46. The van der Waals surface area contributed by atoms with Crippen LogP contribution in [0.3, 0.4) is 0 Å². The summed E-state index contributed by atoms with van der Waals surface area (Å²) in [5.74, 6) is 2.17. The second-order valence-electron chi connectivity index (χ2n) is 6.12. The van der Waals surface area contributed by atoms with Crippen LogP contribution in [0.1, 0.15) is 5.56 Å². The SMILES string of the molecule is COc1ccc(C)cc1NC(=O)CN1CC2CNCC2C1. The predicted octanol–water partition coefficient (Wildman–Crippen LogP) is 1.09. The highest BCUT2D eigenvalue weighted by Gasteiger charge is 2.36. The molecule has 2 saturated heterocycles. The van der Waals surface area contributed by atoms with Crippen molar-refractivity contribution in [1.82, 2.24) is 10.2 Å². The third-order valence-electron chi connectivity index (χ3n) is 4.46. The minimum Gasteiger partial charge on any atom is -0.495 e. The Labute approximate surface area is 125 Å². The van der Waals surface area contributed by atoms with Crippen LogP contribution in [-0.4, -0.2) is 50.6 Å². The zero-order valence-corrected chi connectivity index (χ0v) is 12.7. The van der Waals surface area contributed by atoms with Crippen LogP contribution in [0.4, 0.5) is 5.69 Å². The summed E-state index contributed by atoms with van der Waals surface area (Å²) >= 11 is 0. The molecule has 2 unspecified atom stereocenters. The molecular formula is C16H23N3O2. The number of likely N-dealkylation sites (tertiary alicyclic amines) is 1. The molecule has 5 heteroatoms. The highest BCUT2D eigenvalue weighted by atomic mass is 16.5. The van der Waals surface area contributed by atoms with Gasteiger partial charge in [-0.2, -0.15) is 0 Å². The van der Waals surface area contributed by atoms with E-state index in [1.54, 1.807) is 7.11 Å². The van der Waals surface area contributed by atoms with E-state index in [1.807, 2.05) is 25.1 Å². The van der Waals surface area contributed by atoms with Crippen molar-refractivity contribution in [1.29, 1.82) is 0 Å². The van der Waals surface area contributed by atoms with Gasteiger partial charge in [-0.25, -0.2) is 0 Å². The Hall–Kier alpha value is -1.59. The first-order chi connectivity index (χ1) is 10.2. The molecule has 0 aromatic heterocycles. The number of fused-ring (bicyclic) bond motifs is 1. The number of carbonyl (C=O) groups is 1. The van der Waals surface area contributed by atoms with Crippen molar-refractivity contribution in [2.45, 2.75) is 6.92 Å². The van der Waals surface area contributed by atoms with Crippen LogP contribution < -0.4 is 15.4 Å². The number of hydrogen-bond donors (Lipinski definition) is 2. The fraction of sp³-hybridized carbons (Fsp3) is 0.562. The number of anilines is 1. The Morgan fingerprint density at radius 3 is 2.76 bits per heavy atom. The molecule has 1 amide bonds. The van der Waals surface area contributed by atoms with Crippen molar-refractivity contribution >= 4 is 11.6 Å². The van der Waals surface area contributed by atoms with Crippen molar-refractivity contribution in [2.75, 3.05) is 45.2 Å². The molecule has 2 aliphatic rings. The summed E-state index contributed by atoms with van der Waals surface area (Å²) in [6.07, 6.45) is 0. The maximum Gasteiger partial charge on any atom is 0.238 e. The van der Waals surface area contributed by atoms with Gasteiger partial charge in [0.1, 0.15) is 5.75 Å². The summed E-state index contributed by atoms with van der Waals surface area (Å²) in [7, 11) is 1.62. The molecule has 2 atom stereocenters. The van der Waals surface area contributed by atoms with Gasteiger partial charge in [-0.15, -0.1) is 0 Å². The normalized spacial score (nSPS) is 24.9. The van der Waals surface area contributed by atoms with E-state index in [0.717, 1.165) is 37.4 Å². The first kappa shape index (κ1) is 14.4. The maximum atomic E-state index is 12.2. The monoisotopic (exact) mass is 289 g/mol. The molecule has 2 heterocycles. The van der Waals surface area contributed by atoms with E-state index in [9.17, 15) is 4.79 Å². The quantitative estimate of drug-likeness (QED) is 0.871. The molecule has 0 spiro atoms. The van der Waals surface area contributed by atoms with Gasteiger partial charge >= 0.3 is 0 Å². The van der Waals surface area contributed by atoms with E-state index in [1.165, 1.54) is 0 Å². The molecule has 0 saturated carbocycles. The number of amides is 1. The van der Waals surface area contributed by atoms with Crippen LogP contribution in [0.15, 0.2) is 18.2 Å². The van der Waals surface area contributed by atoms with E-state index in [4.69, 9.17) is 4.74 Å². The number of rotatable bonds is 4. The molecular weight excluding hydrogens is 266 g/mol. The van der Waals surface area contributed by atoms with Gasteiger partial charge in [0.15, 0.2) is 0 Å². The van der Waals surface area contributed by atoms with E-state index in [2.05, 4.69) is 15.5 Å². The zero-order valence-electron chi connectivity index (χ0n) is 12.7. The number of hydrogen-bond acceptors (Lipinski definition) is 4. The van der Waals surface area contributed by atoms with Crippen molar-refractivity contribution in [3.8, 4) is 5.75 Å². The Morgan fingerprint density at radius 1 is 1.38 bits per heavy atom. The maximum absolute atomic E-state index is 12.2. The topological polar surface area (TPSA) is 53.6 Å². The Balaban J connectivity index is 1.58. The van der Waals surface area contributed by atoms with Crippen molar-refractivity contribution in [2.24, 2.45) is 11.8 Å². The average Bonchev–Trinajstić information content (AvgIpc) is 2.99. The summed E-state index contributed by atoms with van der Waals surface area (Å²) in [5.41, 5.74) is 1.86. The Bertz CT molecular complexity index is 520. The van der Waals surface area contributed by atoms with Gasteiger partial charge in [-0.1, -0.05) is 6.07 Å². The smallest absolute Gasteiger partial charge is 0.238 e. The van der Waals surface area contributed by atoms with E-state index in [0.29, 0.717) is 24.1 Å².